The zero-order chi connectivity index (χ0) is 19.4. The molecular formula is C18H17FN4O3S. The highest BCUT2D eigenvalue weighted by Gasteiger charge is 2.12. The zero-order valence-corrected chi connectivity index (χ0v) is 15.5. The Kier molecular flexibility index (Phi) is 5.70. The lowest BCUT2D eigenvalue weighted by atomic mass is 10.1. The van der Waals surface area contributed by atoms with Gasteiger partial charge in [-0.1, -0.05) is 11.8 Å². The molecule has 0 bridgehead atoms. The Morgan fingerprint density at radius 3 is 2.70 bits per heavy atom. The fourth-order valence-electron chi connectivity index (χ4n) is 2.44. The number of benzene rings is 1. The second kappa shape index (κ2) is 8.17. The topological polar surface area (TPSA) is 101 Å². The Labute approximate surface area is 158 Å². The Morgan fingerprint density at radius 1 is 1.26 bits per heavy atom. The monoisotopic (exact) mass is 388 g/mol. The number of rotatable bonds is 6. The number of amides is 1. The molecule has 0 unspecified atom stereocenters. The molecule has 0 spiro atoms. The van der Waals surface area contributed by atoms with Gasteiger partial charge < -0.3 is 14.7 Å². The van der Waals surface area contributed by atoms with Crippen LogP contribution < -0.4 is 10.9 Å². The smallest absolute Gasteiger partial charge is 0.277 e. The molecule has 0 aliphatic carbocycles. The number of nitrogens with one attached hydrogen (secondary N) is 2. The van der Waals surface area contributed by atoms with Crippen molar-refractivity contribution in [1.82, 2.24) is 20.5 Å². The average Bonchev–Trinajstić information content (AvgIpc) is 3.08. The normalized spacial score (nSPS) is 10.8. The van der Waals surface area contributed by atoms with Crippen molar-refractivity contribution in [3.05, 3.63) is 63.3 Å². The van der Waals surface area contributed by atoms with Crippen LogP contribution in [0.2, 0.25) is 0 Å². The molecule has 0 atom stereocenters. The first-order valence-electron chi connectivity index (χ1n) is 8.10. The van der Waals surface area contributed by atoms with E-state index in [1.54, 1.807) is 6.92 Å². The molecule has 2 N–H and O–H groups in total. The molecule has 7 nitrogen and oxygen atoms in total. The SMILES string of the molecule is Cc1cc(C)c(CNC(=O)CSc2nnc(-c3ccc(F)cc3)o2)c(=O)[nH]1. The number of H-pyrrole nitrogens is 1. The second-order valence-electron chi connectivity index (χ2n) is 5.89. The third-order valence-corrected chi connectivity index (χ3v) is 4.60. The molecular weight excluding hydrogens is 371 g/mol. The van der Waals surface area contributed by atoms with Crippen molar-refractivity contribution in [2.24, 2.45) is 0 Å². The van der Waals surface area contributed by atoms with E-state index in [-0.39, 0.29) is 40.7 Å². The predicted molar refractivity (Wildman–Crippen MR) is 98.8 cm³/mol. The average molecular weight is 388 g/mol. The molecule has 0 fully saturated rings. The maximum absolute atomic E-state index is 12.9. The number of aromatic amines is 1. The minimum Gasteiger partial charge on any atom is -0.411 e. The molecule has 9 heteroatoms. The lowest BCUT2D eigenvalue weighted by Crippen LogP contribution is -2.29. The van der Waals surface area contributed by atoms with Gasteiger partial charge in [-0.25, -0.2) is 4.39 Å². The van der Waals surface area contributed by atoms with Crippen molar-refractivity contribution in [3.63, 3.8) is 0 Å². The molecule has 0 radical (unpaired) electrons. The summed E-state index contributed by atoms with van der Waals surface area (Å²) < 4.78 is 18.4. The van der Waals surface area contributed by atoms with Crippen molar-refractivity contribution < 1.29 is 13.6 Å². The number of hydrogen-bond acceptors (Lipinski definition) is 6. The number of carbonyl (C=O) groups is 1. The van der Waals surface area contributed by atoms with E-state index in [4.69, 9.17) is 4.42 Å². The molecule has 0 aliphatic rings. The fourth-order valence-corrected chi connectivity index (χ4v) is 3.04. The molecule has 1 aromatic carbocycles. The van der Waals surface area contributed by atoms with Crippen LogP contribution in [0.15, 0.2) is 44.8 Å². The van der Waals surface area contributed by atoms with Gasteiger partial charge in [-0.05, 0) is 49.7 Å². The van der Waals surface area contributed by atoms with Gasteiger partial charge in [0.25, 0.3) is 10.8 Å². The van der Waals surface area contributed by atoms with Crippen molar-refractivity contribution in [2.75, 3.05) is 5.75 Å². The van der Waals surface area contributed by atoms with E-state index < -0.39 is 0 Å². The number of aromatic nitrogens is 3. The summed E-state index contributed by atoms with van der Waals surface area (Å²) in [6, 6.07) is 7.52. The summed E-state index contributed by atoms with van der Waals surface area (Å²) in [5, 5.41) is 10.7. The van der Waals surface area contributed by atoms with Gasteiger partial charge >= 0.3 is 0 Å². The number of carbonyl (C=O) groups excluding carboxylic acids is 1. The number of aryl methyl sites for hydroxylation is 2. The van der Waals surface area contributed by atoms with E-state index >= 15 is 0 Å². The van der Waals surface area contributed by atoms with Crippen LogP contribution >= 0.6 is 11.8 Å². The number of hydrogen-bond donors (Lipinski definition) is 2. The maximum Gasteiger partial charge on any atom is 0.277 e. The molecule has 2 heterocycles. The van der Waals surface area contributed by atoms with Crippen LogP contribution in [0.1, 0.15) is 16.8 Å². The number of halogens is 1. The Hall–Kier alpha value is -2.94. The van der Waals surface area contributed by atoms with Crippen LogP contribution in [0.25, 0.3) is 11.5 Å². The molecule has 2 aromatic heterocycles. The standard InChI is InChI=1S/C18H17FN4O3S/c1-10-7-11(2)21-16(25)14(10)8-20-15(24)9-27-18-23-22-17(26-18)12-3-5-13(19)6-4-12/h3-7H,8-9H2,1-2H3,(H,20,24)(H,21,25). The summed E-state index contributed by atoms with van der Waals surface area (Å²) in [6.45, 7) is 3.78. The third kappa shape index (κ3) is 4.82. The molecule has 3 rings (SSSR count). The van der Waals surface area contributed by atoms with Gasteiger partial charge in [-0.2, -0.15) is 0 Å². The van der Waals surface area contributed by atoms with Gasteiger partial charge in [0.1, 0.15) is 5.82 Å². The van der Waals surface area contributed by atoms with E-state index in [1.807, 2.05) is 13.0 Å². The molecule has 140 valence electrons. The van der Waals surface area contributed by atoms with Gasteiger partial charge in [0.2, 0.25) is 11.8 Å². The largest absolute Gasteiger partial charge is 0.411 e. The van der Waals surface area contributed by atoms with Crippen molar-refractivity contribution in [3.8, 4) is 11.5 Å². The Bertz CT molecular complexity index is 1010. The molecule has 27 heavy (non-hydrogen) atoms. The minimum absolute atomic E-state index is 0.0634. The summed E-state index contributed by atoms with van der Waals surface area (Å²) in [7, 11) is 0. The highest BCUT2D eigenvalue weighted by atomic mass is 32.2. The Morgan fingerprint density at radius 2 is 2.00 bits per heavy atom. The Balaban J connectivity index is 1.54. The fraction of sp³-hybridized carbons (Fsp3) is 0.222. The molecule has 0 saturated heterocycles. The zero-order valence-electron chi connectivity index (χ0n) is 14.7. The quantitative estimate of drug-likeness (QED) is 0.630. The number of pyridine rings is 1. The van der Waals surface area contributed by atoms with Crippen molar-refractivity contribution in [2.45, 2.75) is 25.6 Å². The molecule has 1 amide bonds. The minimum atomic E-state index is -0.354. The van der Waals surface area contributed by atoms with Crippen LogP contribution in [-0.4, -0.2) is 26.8 Å². The van der Waals surface area contributed by atoms with Gasteiger partial charge in [0.05, 0.1) is 5.75 Å². The van der Waals surface area contributed by atoms with E-state index in [9.17, 15) is 14.0 Å². The van der Waals surface area contributed by atoms with Gasteiger partial charge in [-0.3, -0.25) is 9.59 Å². The van der Waals surface area contributed by atoms with Gasteiger partial charge in [-0.15, -0.1) is 10.2 Å². The van der Waals surface area contributed by atoms with Crippen LogP contribution in [0.5, 0.6) is 0 Å². The van der Waals surface area contributed by atoms with E-state index in [0.29, 0.717) is 11.1 Å². The number of nitrogens with zero attached hydrogens (tertiary/aromatic N) is 2. The first kappa shape index (κ1) is 18.8. The predicted octanol–water partition coefficient (Wildman–Crippen LogP) is 2.59. The molecule has 3 aromatic rings. The summed E-state index contributed by atoms with van der Waals surface area (Å²) in [5.41, 5.74) is 2.51. The molecule has 0 saturated carbocycles. The van der Waals surface area contributed by atoms with Crippen molar-refractivity contribution >= 4 is 17.7 Å². The van der Waals surface area contributed by atoms with Crippen LogP contribution in [0, 0.1) is 19.7 Å². The first-order valence-corrected chi connectivity index (χ1v) is 9.09. The van der Waals surface area contributed by atoms with E-state index in [0.717, 1.165) is 23.0 Å². The summed E-state index contributed by atoms with van der Waals surface area (Å²) in [4.78, 5) is 26.7. The van der Waals surface area contributed by atoms with Crippen LogP contribution in [0.3, 0.4) is 0 Å². The summed E-state index contributed by atoms with van der Waals surface area (Å²) in [5.74, 6) is -0.304. The maximum atomic E-state index is 12.9. The molecule has 0 aliphatic heterocycles. The van der Waals surface area contributed by atoms with Gasteiger partial charge in [0, 0.05) is 23.4 Å². The highest BCUT2D eigenvalue weighted by Crippen LogP contribution is 2.23. The summed E-state index contributed by atoms with van der Waals surface area (Å²) in [6.07, 6.45) is 0. The van der Waals surface area contributed by atoms with Gasteiger partial charge in [0.15, 0.2) is 0 Å². The van der Waals surface area contributed by atoms with E-state index in [1.165, 1.54) is 24.3 Å². The van der Waals surface area contributed by atoms with Crippen LogP contribution in [-0.2, 0) is 11.3 Å². The lowest BCUT2D eigenvalue weighted by Gasteiger charge is -2.07. The third-order valence-electron chi connectivity index (χ3n) is 3.78. The highest BCUT2D eigenvalue weighted by molar-refractivity contribution is 7.99. The second-order valence-corrected chi connectivity index (χ2v) is 6.82. The first-order chi connectivity index (χ1) is 12.9. The summed E-state index contributed by atoms with van der Waals surface area (Å²) >= 11 is 1.08. The lowest BCUT2D eigenvalue weighted by molar-refractivity contribution is -0.118. The van der Waals surface area contributed by atoms with Crippen molar-refractivity contribution in [1.29, 1.82) is 0 Å². The number of thioether (sulfide) groups is 1. The van der Waals surface area contributed by atoms with E-state index in [2.05, 4.69) is 20.5 Å². The van der Waals surface area contributed by atoms with Crippen LogP contribution in [0.4, 0.5) is 4.39 Å².